The molecule has 0 amide bonds. The van der Waals surface area contributed by atoms with Crippen molar-refractivity contribution in [1.82, 2.24) is 0 Å². The van der Waals surface area contributed by atoms with Gasteiger partial charge in [0.25, 0.3) is 0 Å². The van der Waals surface area contributed by atoms with Crippen LogP contribution in [0.1, 0.15) is 17.3 Å². The van der Waals surface area contributed by atoms with E-state index >= 15 is 0 Å². The first-order chi connectivity index (χ1) is 5.54. The second-order valence-electron chi connectivity index (χ2n) is 2.27. The Morgan fingerprint density at radius 3 is 2.42 bits per heavy atom. The Balaban J connectivity index is 3.43. The van der Waals surface area contributed by atoms with Crippen molar-refractivity contribution in [2.45, 2.75) is 6.92 Å². The van der Waals surface area contributed by atoms with Crippen molar-refractivity contribution in [2.75, 3.05) is 0 Å². The standard InChI is InChI=1S/C8H5Br2IO/c1-4(12)7-6(11)3-2-5(9)8(7)10/h2-3H,1H3. The third kappa shape index (κ3) is 2.09. The van der Waals surface area contributed by atoms with E-state index in [-0.39, 0.29) is 5.78 Å². The monoisotopic (exact) mass is 402 g/mol. The molecule has 0 unspecified atom stereocenters. The number of ketones is 1. The minimum absolute atomic E-state index is 0.0765. The average Bonchev–Trinajstić information content (AvgIpc) is 1.97. The van der Waals surface area contributed by atoms with Gasteiger partial charge in [-0.25, -0.2) is 0 Å². The summed E-state index contributed by atoms with van der Waals surface area (Å²) in [5.74, 6) is 0.0765. The molecular weight excluding hydrogens is 399 g/mol. The van der Waals surface area contributed by atoms with Gasteiger partial charge < -0.3 is 0 Å². The van der Waals surface area contributed by atoms with Gasteiger partial charge in [-0.2, -0.15) is 0 Å². The number of carbonyl (C=O) groups excluding carboxylic acids is 1. The molecule has 0 fully saturated rings. The molecular formula is C8H5Br2IO. The van der Waals surface area contributed by atoms with Gasteiger partial charge in [-0.05, 0) is 73.5 Å². The van der Waals surface area contributed by atoms with Gasteiger partial charge in [-0.1, -0.05) is 0 Å². The fraction of sp³-hybridized carbons (Fsp3) is 0.125. The second kappa shape index (κ2) is 4.19. The van der Waals surface area contributed by atoms with Crippen molar-refractivity contribution in [1.29, 1.82) is 0 Å². The lowest BCUT2D eigenvalue weighted by Gasteiger charge is -2.04. The lowest BCUT2D eigenvalue weighted by atomic mass is 10.2. The van der Waals surface area contributed by atoms with Gasteiger partial charge in [0.2, 0.25) is 0 Å². The van der Waals surface area contributed by atoms with E-state index in [0.29, 0.717) is 0 Å². The molecule has 0 heterocycles. The Kier molecular flexibility index (Phi) is 3.73. The largest absolute Gasteiger partial charge is 0.294 e. The fourth-order valence-electron chi connectivity index (χ4n) is 0.850. The molecule has 0 radical (unpaired) electrons. The maximum Gasteiger partial charge on any atom is 0.162 e. The van der Waals surface area contributed by atoms with Gasteiger partial charge in [-0.3, -0.25) is 4.79 Å². The molecule has 0 N–H and O–H groups in total. The number of hydrogen-bond acceptors (Lipinski definition) is 1. The highest BCUT2D eigenvalue weighted by Gasteiger charge is 2.11. The summed E-state index contributed by atoms with van der Waals surface area (Å²) in [5.41, 5.74) is 0.741. The van der Waals surface area contributed by atoms with Crippen LogP contribution >= 0.6 is 54.5 Å². The molecule has 0 saturated carbocycles. The molecule has 1 nitrogen and oxygen atoms in total. The molecule has 0 bridgehead atoms. The topological polar surface area (TPSA) is 17.1 Å². The summed E-state index contributed by atoms with van der Waals surface area (Å²) < 4.78 is 2.71. The summed E-state index contributed by atoms with van der Waals surface area (Å²) in [4.78, 5) is 11.2. The molecule has 1 aromatic carbocycles. The summed E-state index contributed by atoms with van der Waals surface area (Å²) in [7, 11) is 0. The van der Waals surface area contributed by atoms with Crippen LogP contribution in [0, 0.1) is 3.57 Å². The first-order valence-electron chi connectivity index (χ1n) is 3.18. The van der Waals surface area contributed by atoms with E-state index in [2.05, 4.69) is 54.5 Å². The first kappa shape index (κ1) is 10.7. The van der Waals surface area contributed by atoms with E-state index in [4.69, 9.17) is 0 Å². The minimum Gasteiger partial charge on any atom is -0.294 e. The normalized spacial score (nSPS) is 10.0. The molecule has 0 aliphatic rings. The lowest BCUT2D eigenvalue weighted by molar-refractivity contribution is 0.101. The summed E-state index contributed by atoms with van der Waals surface area (Å²) in [6.45, 7) is 1.56. The van der Waals surface area contributed by atoms with Crippen LogP contribution in [0.2, 0.25) is 0 Å². The third-order valence-electron chi connectivity index (χ3n) is 1.40. The Morgan fingerprint density at radius 2 is 2.00 bits per heavy atom. The molecule has 0 aliphatic carbocycles. The highest BCUT2D eigenvalue weighted by Crippen LogP contribution is 2.30. The Labute approximate surface area is 101 Å². The van der Waals surface area contributed by atoms with E-state index in [0.717, 1.165) is 18.1 Å². The summed E-state index contributed by atoms with van der Waals surface area (Å²) in [6, 6.07) is 3.82. The van der Waals surface area contributed by atoms with Crippen LogP contribution in [0.15, 0.2) is 21.1 Å². The van der Waals surface area contributed by atoms with Crippen LogP contribution < -0.4 is 0 Å². The predicted octanol–water partition coefficient (Wildman–Crippen LogP) is 4.02. The quantitative estimate of drug-likeness (QED) is 0.393. The van der Waals surface area contributed by atoms with E-state index < -0.39 is 0 Å². The van der Waals surface area contributed by atoms with Crippen LogP contribution in [-0.4, -0.2) is 5.78 Å². The predicted molar refractivity (Wildman–Crippen MR) is 64.6 cm³/mol. The summed E-state index contributed by atoms with van der Waals surface area (Å²) in [5, 5.41) is 0. The average molecular weight is 404 g/mol. The first-order valence-corrected chi connectivity index (χ1v) is 5.85. The summed E-state index contributed by atoms with van der Waals surface area (Å²) >= 11 is 8.85. The van der Waals surface area contributed by atoms with Gasteiger partial charge in [0.1, 0.15) is 0 Å². The molecule has 12 heavy (non-hydrogen) atoms. The lowest BCUT2D eigenvalue weighted by Crippen LogP contribution is -1.97. The van der Waals surface area contributed by atoms with Gasteiger partial charge in [0.05, 0.1) is 0 Å². The molecule has 4 heteroatoms. The van der Waals surface area contributed by atoms with Crippen molar-refractivity contribution >= 4 is 60.2 Å². The molecule has 0 atom stereocenters. The molecule has 0 aromatic heterocycles. The van der Waals surface area contributed by atoms with Gasteiger partial charge in [0, 0.05) is 18.1 Å². The zero-order chi connectivity index (χ0) is 9.30. The van der Waals surface area contributed by atoms with Crippen molar-refractivity contribution in [3.63, 3.8) is 0 Å². The molecule has 0 spiro atoms. The molecule has 1 aromatic rings. The maximum absolute atomic E-state index is 11.2. The van der Waals surface area contributed by atoms with Crippen molar-refractivity contribution in [3.8, 4) is 0 Å². The number of carbonyl (C=O) groups is 1. The minimum atomic E-state index is 0.0765. The zero-order valence-corrected chi connectivity index (χ0v) is 11.5. The van der Waals surface area contributed by atoms with Crippen molar-refractivity contribution in [2.24, 2.45) is 0 Å². The Morgan fingerprint density at radius 1 is 1.42 bits per heavy atom. The highest BCUT2D eigenvalue weighted by atomic mass is 127. The van der Waals surface area contributed by atoms with Gasteiger partial charge >= 0.3 is 0 Å². The van der Waals surface area contributed by atoms with E-state index in [9.17, 15) is 4.79 Å². The van der Waals surface area contributed by atoms with E-state index in [1.54, 1.807) is 6.92 Å². The van der Waals surface area contributed by atoms with Gasteiger partial charge in [0.15, 0.2) is 5.78 Å². The molecule has 0 aliphatic heterocycles. The van der Waals surface area contributed by atoms with Crippen molar-refractivity contribution < 1.29 is 4.79 Å². The maximum atomic E-state index is 11.2. The number of hydrogen-bond donors (Lipinski definition) is 0. The highest BCUT2D eigenvalue weighted by molar-refractivity contribution is 14.1. The van der Waals surface area contributed by atoms with Crippen LogP contribution in [-0.2, 0) is 0 Å². The molecule has 0 saturated heterocycles. The van der Waals surface area contributed by atoms with E-state index in [1.165, 1.54) is 0 Å². The van der Waals surface area contributed by atoms with E-state index in [1.807, 2.05) is 12.1 Å². The SMILES string of the molecule is CC(=O)c1c(I)ccc(Br)c1Br. The van der Waals surface area contributed by atoms with Crippen LogP contribution in [0.25, 0.3) is 0 Å². The number of halogens is 3. The number of Topliss-reactive ketones (excluding diaryl/α,β-unsaturated/α-hetero) is 1. The van der Waals surface area contributed by atoms with Crippen LogP contribution in [0.4, 0.5) is 0 Å². The number of rotatable bonds is 1. The zero-order valence-electron chi connectivity index (χ0n) is 6.20. The fourth-order valence-corrected chi connectivity index (χ4v) is 3.01. The van der Waals surface area contributed by atoms with Crippen molar-refractivity contribution in [3.05, 3.63) is 30.2 Å². The van der Waals surface area contributed by atoms with Crippen LogP contribution in [0.5, 0.6) is 0 Å². The Hall–Kier alpha value is 0.580. The summed E-state index contributed by atoms with van der Waals surface area (Å²) in [6.07, 6.45) is 0. The number of benzene rings is 1. The van der Waals surface area contributed by atoms with Crippen LogP contribution in [0.3, 0.4) is 0 Å². The van der Waals surface area contributed by atoms with Gasteiger partial charge in [-0.15, -0.1) is 0 Å². The second-order valence-corrected chi connectivity index (χ2v) is 5.08. The molecule has 64 valence electrons. The molecule has 1 rings (SSSR count). The third-order valence-corrected chi connectivity index (χ3v) is 4.31. The Bertz CT molecular complexity index is 336. The smallest absolute Gasteiger partial charge is 0.162 e.